The van der Waals surface area contributed by atoms with Crippen LogP contribution in [0.15, 0.2) is 12.4 Å². The molecule has 3 heterocycles. The van der Waals surface area contributed by atoms with Crippen molar-refractivity contribution in [1.29, 1.82) is 0 Å². The molecule has 4 rings (SSSR count). The highest BCUT2D eigenvalue weighted by Gasteiger charge is 2.36. The van der Waals surface area contributed by atoms with E-state index in [0.717, 1.165) is 50.3 Å². The lowest BCUT2D eigenvalue weighted by Crippen LogP contribution is -2.49. The van der Waals surface area contributed by atoms with E-state index in [-0.39, 0.29) is 12.0 Å². The predicted molar refractivity (Wildman–Crippen MR) is 86.2 cm³/mol. The molecule has 1 saturated heterocycles. The van der Waals surface area contributed by atoms with Crippen LogP contribution >= 0.6 is 0 Å². The second-order valence-corrected chi connectivity index (χ2v) is 6.69. The van der Waals surface area contributed by atoms with Gasteiger partial charge in [-0.05, 0) is 32.6 Å². The number of hydrogen-bond acceptors (Lipinski definition) is 5. The van der Waals surface area contributed by atoms with Crippen LogP contribution in [0.5, 0.6) is 0 Å². The van der Waals surface area contributed by atoms with Crippen LogP contribution in [-0.2, 0) is 4.79 Å². The van der Waals surface area contributed by atoms with Gasteiger partial charge in [0.25, 0.3) is 5.78 Å². The topological polar surface area (TPSA) is 66.6 Å². The highest BCUT2D eigenvalue weighted by Crippen LogP contribution is 2.32. The van der Waals surface area contributed by atoms with Crippen LogP contribution in [0.25, 0.3) is 5.78 Å². The Balaban J connectivity index is 1.58. The van der Waals surface area contributed by atoms with Gasteiger partial charge in [-0.25, -0.2) is 4.98 Å². The number of hydrogen-bond donors (Lipinski definition) is 0. The number of fused-ring (bicyclic) bond motifs is 1. The Kier molecular flexibility index (Phi) is 3.43. The molecule has 2 fully saturated rings. The van der Waals surface area contributed by atoms with Crippen LogP contribution in [0.1, 0.15) is 31.4 Å². The molecule has 1 saturated carbocycles. The molecule has 122 valence electrons. The Hall–Kier alpha value is -2.18. The van der Waals surface area contributed by atoms with Crippen molar-refractivity contribution in [3.8, 4) is 0 Å². The van der Waals surface area contributed by atoms with Gasteiger partial charge in [-0.15, -0.1) is 0 Å². The van der Waals surface area contributed by atoms with E-state index in [1.54, 1.807) is 4.52 Å². The molecule has 7 heteroatoms. The number of aryl methyl sites for hydroxylation is 1. The molecular weight excluding hydrogens is 292 g/mol. The molecule has 7 nitrogen and oxygen atoms in total. The van der Waals surface area contributed by atoms with Gasteiger partial charge < -0.3 is 9.80 Å². The first-order chi connectivity index (χ1) is 11.1. The molecule has 0 spiro atoms. The zero-order chi connectivity index (χ0) is 16.0. The fourth-order valence-electron chi connectivity index (χ4n) is 3.41. The van der Waals surface area contributed by atoms with Crippen molar-refractivity contribution in [3.05, 3.63) is 18.1 Å². The standard InChI is InChI=1S/C16H22N6O/c1-11-8-14(22-16(19-11)17-10-18-22)21-7-3-4-13(9-21)20(2)15(23)12-5-6-12/h8,10,12-13H,3-7,9H2,1-2H3. The molecule has 23 heavy (non-hydrogen) atoms. The van der Waals surface area contributed by atoms with Crippen LogP contribution in [0.3, 0.4) is 0 Å². The quantitative estimate of drug-likeness (QED) is 0.853. The average molecular weight is 314 g/mol. The fraction of sp³-hybridized carbons (Fsp3) is 0.625. The van der Waals surface area contributed by atoms with Crippen LogP contribution in [0.4, 0.5) is 5.82 Å². The summed E-state index contributed by atoms with van der Waals surface area (Å²) in [7, 11) is 1.96. The Labute approximate surface area is 135 Å². The van der Waals surface area contributed by atoms with Crippen molar-refractivity contribution in [2.75, 3.05) is 25.0 Å². The van der Waals surface area contributed by atoms with E-state index in [2.05, 4.69) is 20.0 Å². The third kappa shape index (κ3) is 2.64. The van der Waals surface area contributed by atoms with Gasteiger partial charge in [0.2, 0.25) is 5.91 Å². The van der Waals surface area contributed by atoms with Crippen LogP contribution in [0.2, 0.25) is 0 Å². The van der Waals surface area contributed by atoms with E-state index in [9.17, 15) is 4.79 Å². The molecule has 2 aromatic heterocycles. The number of aromatic nitrogens is 4. The third-order valence-electron chi connectivity index (χ3n) is 4.90. The summed E-state index contributed by atoms with van der Waals surface area (Å²) in [6.45, 7) is 3.79. The first-order valence-corrected chi connectivity index (χ1v) is 8.32. The molecular formula is C16H22N6O. The van der Waals surface area contributed by atoms with Gasteiger partial charge in [-0.2, -0.15) is 14.6 Å². The summed E-state index contributed by atoms with van der Waals surface area (Å²) in [4.78, 5) is 25.2. The fourth-order valence-corrected chi connectivity index (χ4v) is 3.41. The molecule has 0 N–H and O–H groups in total. The van der Waals surface area contributed by atoms with Crippen molar-refractivity contribution in [3.63, 3.8) is 0 Å². The normalized spacial score (nSPS) is 21.7. The predicted octanol–water partition coefficient (Wildman–Crippen LogP) is 1.27. The Morgan fingerprint density at radius 2 is 2.17 bits per heavy atom. The highest BCUT2D eigenvalue weighted by molar-refractivity contribution is 5.81. The number of nitrogens with zero attached hydrogens (tertiary/aromatic N) is 6. The van der Waals surface area contributed by atoms with E-state index in [0.29, 0.717) is 11.7 Å². The SMILES string of the molecule is Cc1cc(N2CCCC(N(C)C(=O)C3CC3)C2)n2ncnc2n1. The summed E-state index contributed by atoms with van der Waals surface area (Å²) in [5.41, 5.74) is 0.935. The summed E-state index contributed by atoms with van der Waals surface area (Å²) in [6, 6.07) is 2.32. The van der Waals surface area contributed by atoms with Crippen LogP contribution in [0, 0.1) is 12.8 Å². The number of amides is 1. The highest BCUT2D eigenvalue weighted by atomic mass is 16.2. The summed E-state index contributed by atoms with van der Waals surface area (Å²) in [5.74, 6) is 2.24. The molecule has 0 bridgehead atoms. The maximum Gasteiger partial charge on any atom is 0.254 e. The second-order valence-electron chi connectivity index (χ2n) is 6.69. The van der Waals surface area contributed by atoms with Gasteiger partial charge >= 0.3 is 0 Å². The molecule has 0 aromatic carbocycles. The van der Waals surface area contributed by atoms with Crippen molar-refractivity contribution in [2.24, 2.45) is 5.92 Å². The largest absolute Gasteiger partial charge is 0.354 e. The summed E-state index contributed by atoms with van der Waals surface area (Å²) in [5, 5.41) is 4.30. The summed E-state index contributed by atoms with van der Waals surface area (Å²) >= 11 is 0. The molecule has 1 aliphatic heterocycles. The number of piperidine rings is 1. The lowest BCUT2D eigenvalue weighted by molar-refractivity contribution is -0.133. The van der Waals surface area contributed by atoms with Gasteiger partial charge in [0, 0.05) is 43.9 Å². The number of anilines is 1. The summed E-state index contributed by atoms with van der Waals surface area (Å²) < 4.78 is 1.79. The van der Waals surface area contributed by atoms with Gasteiger partial charge in [0.15, 0.2) is 0 Å². The van der Waals surface area contributed by atoms with E-state index < -0.39 is 0 Å². The molecule has 2 aromatic rings. The van der Waals surface area contributed by atoms with Gasteiger partial charge in [0.05, 0.1) is 0 Å². The first-order valence-electron chi connectivity index (χ1n) is 8.32. The number of carbonyl (C=O) groups excluding carboxylic acids is 1. The Morgan fingerprint density at radius 1 is 1.35 bits per heavy atom. The summed E-state index contributed by atoms with van der Waals surface area (Å²) in [6.07, 6.45) is 5.79. The molecule has 1 atom stereocenters. The minimum Gasteiger partial charge on any atom is -0.354 e. The van der Waals surface area contributed by atoms with E-state index in [1.807, 2.05) is 24.9 Å². The zero-order valence-electron chi connectivity index (χ0n) is 13.6. The Bertz CT molecular complexity index is 737. The first kappa shape index (κ1) is 14.4. The molecule has 2 aliphatic rings. The molecule has 0 radical (unpaired) electrons. The van der Waals surface area contributed by atoms with E-state index in [4.69, 9.17) is 0 Å². The molecule has 1 amide bonds. The van der Waals surface area contributed by atoms with Crippen LogP contribution < -0.4 is 4.90 Å². The minimum absolute atomic E-state index is 0.267. The second kappa shape index (κ2) is 5.47. The molecule has 1 unspecified atom stereocenters. The monoisotopic (exact) mass is 314 g/mol. The van der Waals surface area contributed by atoms with Gasteiger partial charge in [-0.1, -0.05) is 0 Å². The van der Waals surface area contributed by atoms with Crippen molar-refractivity contribution < 1.29 is 4.79 Å². The maximum atomic E-state index is 12.3. The van der Waals surface area contributed by atoms with E-state index in [1.165, 1.54) is 6.33 Å². The number of carbonyl (C=O) groups is 1. The smallest absolute Gasteiger partial charge is 0.254 e. The number of likely N-dealkylation sites (N-methyl/N-ethyl adjacent to an activating group) is 1. The zero-order valence-corrected chi connectivity index (χ0v) is 13.6. The van der Waals surface area contributed by atoms with Crippen molar-refractivity contribution in [2.45, 2.75) is 38.6 Å². The lowest BCUT2D eigenvalue weighted by Gasteiger charge is -2.38. The third-order valence-corrected chi connectivity index (χ3v) is 4.90. The number of rotatable bonds is 3. The maximum absolute atomic E-state index is 12.3. The lowest BCUT2D eigenvalue weighted by atomic mass is 10.0. The van der Waals surface area contributed by atoms with Crippen molar-refractivity contribution >= 4 is 17.5 Å². The minimum atomic E-state index is 0.267. The van der Waals surface area contributed by atoms with Crippen LogP contribution in [-0.4, -0.2) is 56.6 Å². The average Bonchev–Trinajstić information content (AvgIpc) is 3.31. The molecule has 1 aliphatic carbocycles. The van der Waals surface area contributed by atoms with E-state index >= 15 is 0 Å². The van der Waals surface area contributed by atoms with Crippen molar-refractivity contribution in [1.82, 2.24) is 24.5 Å². The Morgan fingerprint density at radius 3 is 2.96 bits per heavy atom. The van der Waals surface area contributed by atoms with Gasteiger partial charge in [0.1, 0.15) is 12.1 Å². The van der Waals surface area contributed by atoms with Gasteiger partial charge in [-0.3, -0.25) is 4.79 Å².